The Hall–Kier alpha value is -2.83. The average molecular weight is 391 g/mol. The van der Waals surface area contributed by atoms with E-state index in [1.807, 2.05) is 47.4 Å². The fourth-order valence-corrected chi connectivity index (χ4v) is 4.83. The number of amides is 1. The summed E-state index contributed by atoms with van der Waals surface area (Å²) in [5.74, 6) is 0.959. The molecule has 1 amide bonds. The SMILES string of the molecule is COc1ccc2c3c([nH]c2c1)[C@@H](CO)NCC31CN(C(=O)Cc2ccccc2)C1. The third-order valence-corrected chi connectivity index (χ3v) is 6.32. The van der Waals surface area contributed by atoms with Crippen molar-refractivity contribution in [2.75, 3.05) is 33.4 Å². The van der Waals surface area contributed by atoms with Crippen molar-refractivity contribution in [1.82, 2.24) is 15.2 Å². The van der Waals surface area contributed by atoms with Gasteiger partial charge >= 0.3 is 0 Å². The zero-order chi connectivity index (χ0) is 20.0. The molecule has 1 fully saturated rings. The molecule has 1 atom stereocenters. The lowest BCUT2D eigenvalue weighted by Gasteiger charge is -2.53. The van der Waals surface area contributed by atoms with Crippen molar-refractivity contribution < 1.29 is 14.6 Å². The average Bonchev–Trinajstić information content (AvgIpc) is 3.11. The third kappa shape index (κ3) is 2.91. The number of carbonyl (C=O) groups is 1. The van der Waals surface area contributed by atoms with Crippen LogP contribution in [0.5, 0.6) is 5.75 Å². The molecule has 3 aromatic rings. The predicted molar refractivity (Wildman–Crippen MR) is 111 cm³/mol. The van der Waals surface area contributed by atoms with Crippen molar-refractivity contribution in [2.45, 2.75) is 17.9 Å². The molecule has 0 saturated carbocycles. The topological polar surface area (TPSA) is 77.6 Å². The molecule has 1 saturated heterocycles. The van der Waals surface area contributed by atoms with Crippen LogP contribution in [0.2, 0.25) is 0 Å². The summed E-state index contributed by atoms with van der Waals surface area (Å²) in [5, 5.41) is 14.5. The first-order valence-electron chi connectivity index (χ1n) is 9.99. The number of likely N-dealkylation sites (tertiary alicyclic amines) is 1. The van der Waals surface area contributed by atoms with Gasteiger partial charge in [0.1, 0.15) is 5.75 Å². The molecule has 3 heterocycles. The summed E-state index contributed by atoms with van der Waals surface area (Å²) in [6.07, 6.45) is 0.432. The molecule has 6 nitrogen and oxygen atoms in total. The highest BCUT2D eigenvalue weighted by Gasteiger charge is 2.51. The van der Waals surface area contributed by atoms with Crippen molar-refractivity contribution in [2.24, 2.45) is 0 Å². The van der Waals surface area contributed by atoms with Crippen LogP contribution in [0.15, 0.2) is 48.5 Å². The van der Waals surface area contributed by atoms with Gasteiger partial charge in [-0.05, 0) is 23.3 Å². The zero-order valence-corrected chi connectivity index (χ0v) is 16.4. The fourth-order valence-electron chi connectivity index (χ4n) is 4.83. The van der Waals surface area contributed by atoms with Gasteiger partial charge in [-0.3, -0.25) is 4.79 Å². The van der Waals surface area contributed by atoms with E-state index in [1.165, 1.54) is 5.56 Å². The minimum Gasteiger partial charge on any atom is -0.497 e. The van der Waals surface area contributed by atoms with Gasteiger partial charge < -0.3 is 25.0 Å². The molecule has 6 heteroatoms. The lowest BCUT2D eigenvalue weighted by atomic mass is 9.69. The molecule has 2 aromatic carbocycles. The number of hydrogen-bond acceptors (Lipinski definition) is 4. The highest BCUT2D eigenvalue weighted by Crippen LogP contribution is 2.45. The zero-order valence-electron chi connectivity index (χ0n) is 16.4. The molecule has 0 radical (unpaired) electrons. The van der Waals surface area contributed by atoms with Crippen molar-refractivity contribution in [3.63, 3.8) is 0 Å². The summed E-state index contributed by atoms with van der Waals surface area (Å²) < 4.78 is 5.37. The van der Waals surface area contributed by atoms with Crippen molar-refractivity contribution in [3.05, 3.63) is 65.4 Å². The smallest absolute Gasteiger partial charge is 0.227 e. The molecule has 0 unspecified atom stereocenters. The number of aliphatic hydroxyl groups excluding tert-OH is 1. The van der Waals surface area contributed by atoms with Crippen LogP contribution in [0.25, 0.3) is 10.9 Å². The van der Waals surface area contributed by atoms with E-state index < -0.39 is 0 Å². The highest BCUT2D eigenvalue weighted by molar-refractivity contribution is 5.89. The number of aromatic nitrogens is 1. The van der Waals surface area contributed by atoms with Gasteiger partial charge in [0.05, 0.1) is 26.2 Å². The fraction of sp³-hybridized carbons (Fsp3) is 0.348. The summed E-state index contributed by atoms with van der Waals surface area (Å²) in [6, 6.07) is 15.8. The summed E-state index contributed by atoms with van der Waals surface area (Å²) in [4.78, 5) is 18.2. The van der Waals surface area contributed by atoms with Crippen LogP contribution in [0.1, 0.15) is 22.9 Å². The molecule has 5 rings (SSSR count). The number of aromatic amines is 1. The van der Waals surface area contributed by atoms with E-state index in [0.29, 0.717) is 19.5 Å². The summed E-state index contributed by atoms with van der Waals surface area (Å²) in [7, 11) is 1.66. The Morgan fingerprint density at radius 2 is 2.03 bits per heavy atom. The first-order valence-corrected chi connectivity index (χ1v) is 9.99. The number of nitrogens with zero attached hydrogens (tertiary/aromatic N) is 1. The Morgan fingerprint density at radius 3 is 2.76 bits per heavy atom. The van der Waals surface area contributed by atoms with Gasteiger partial charge in [0.2, 0.25) is 5.91 Å². The summed E-state index contributed by atoms with van der Waals surface area (Å²) in [5.41, 5.74) is 4.18. The van der Waals surface area contributed by atoms with Crippen LogP contribution in [0.3, 0.4) is 0 Å². The van der Waals surface area contributed by atoms with Gasteiger partial charge in [-0.25, -0.2) is 0 Å². The molecule has 0 bridgehead atoms. The maximum absolute atomic E-state index is 12.8. The van der Waals surface area contributed by atoms with E-state index >= 15 is 0 Å². The maximum atomic E-state index is 12.8. The molecule has 29 heavy (non-hydrogen) atoms. The number of nitrogens with one attached hydrogen (secondary N) is 2. The molecule has 2 aliphatic heterocycles. The predicted octanol–water partition coefficient (Wildman–Crippen LogP) is 2.14. The lowest BCUT2D eigenvalue weighted by Crippen LogP contribution is -2.67. The van der Waals surface area contributed by atoms with Crippen LogP contribution >= 0.6 is 0 Å². The maximum Gasteiger partial charge on any atom is 0.227 e. The number of aliphatic hydroxyl groups is 1. The van der Waals surface area contributed by atoms with E-state index in [1.54, 1.807) is 7.11 Å². The van der Waals surface area contributed by atoms with E-state index in [0.717, 1.165) is 34.5 Å². The summed E-state index contributed by atoms with van der Waals surface area (Å²) >= 11 is 0. The number of H-pyrrole nitrogens is 1. The normalized spacial score (nSPS) is 19.8. The van der Waals surface area contributed by atoms with Crippen LogP contribution in [-0.2, 0) is 16.6 Å². The quantitative estimate of drug-likeness (QED) is 0.637. The molecule has 0 aliphatic carbocycles. The van der Waals surface area contributed by atoms with E-state index in [9.17, 15) is 9.90 Å². The van der Waals surface area contributed by atoms with Crippen molar-refractivity contribution >= 4 is 16.8 Å². The monoisotopic (exact) mass is 391 g/mol. The first kappa shape index (κ1) is 18.2. The van der Waals surface area contributed by atoms with Crippen LogP contribution in [0, 0.1) is 0 Å². The number of hydrogen-bond donors (Lipinski definition) is 3. The standard InChI is InChI=1S/C23H25N3O3/c1-29-16-7-8-17-18(10-16)25-22-19(11-27)24-12-23(21(17)22)13-26(14-23)20(28)9-15-5-3-2-4-6-15/h2-8,10,19,24-25,27H,9,11-14H2,1H3/t19-/m1/s1. The van der Waals surface area contributed by atoms with Gasteiger partial charge in [0, 0.05) is 47.7 Å². The largest absolute Gasteiger partial charge is 0.497 e. The van der Waals surface area contributed by atoms with Gasteiger partial charge in [0.25, 0.3) is 0 Å². The molecular weight excluding hydrogens is 366 g/mol. The van der Waals surface area contributed by atoms with Gasteiger partial charge in [-0.2, -0.15) is 0 Å². The number of fused-ring (bicyclic) bond motifs is 4. The Bertz CT molecular complexity index is 1050. The van der Waals surface area contributed by atoms with E-state index in [2.05, 4.69) is 16.4 Å². The van der Waals surface area contributed by atoms with Crippen molar-refractivity contribution in [3.8, 4) is 5.75 Å². The molecule has 1 spiro atoms. The molecule has 2 aliphatic rings. The van der Waals surface area contributed by atoms with E-state index in [4.69, 9.17) is 4.74 Å². The Morgan fingerprint density at radius 1 is 1.24 bits per heavy atom. The van der Waals surface area contributed by atoms with Gasteiger partial charge in [-0.1, -0.05) is 30.3 Å². The second-order valence-electron chi connectivity index (χ2n) is 8.13. The molecular formula is C23H25N3O3. The number of benzene rings is 2. The third-order valence-electron chi connectivity index (χ3n) is 6.32. The number of methoxy groups -OCH3 is 1. The lowest BCUT2D eigenvalue weighted by molar-refractivity contribution is -0.138. The van der Waals surface area contributed by atoms with E-state index in [-0.39, 0.29) is 24.0 Å². The molecule has 3 N–H and O–H groups in total. The number of carbonyl (C=O) groups excluding carboxylic acids is 1. The Balaban J connectivity index is 1.45. The van der Waals surface area contributed by atoms with Gasteiger partial charge in [-0.15, -0.1) is 0 Å². The van der Waals surface area contributed by atoms with Crippen LogP contribution < -0.4 is 10.1 Å². The second kappa shape index (κ2) is 6.90. The van der Waals surface area contributed by atoms with Crippen LogP contribution in [-0.4, -0.2) is 54.2 Å². The van der Waals surface area contributed by atoms with Crippen LogP contribution in [0.4, 0.5) is 0 Å². The molecule has 150 valence electrons. The highest BCUT2D eigenvalue weighted by atomic mass is 16.5. The number of ether oxygens (including phenoxy) is 1. The second-order valence-corrected chi connectivity index (χ2v) is 8.13. The summed E-state index contributed by atoms with van der Waals surface area (Å²) in [6.45, 7) is 2.16. The first-order chi connectivity index (χ1) is 14.1. The Labute approximate surface area is 169 Å². The Kier molecular flexibility index (Phi) is 4.33. The number of rotatable bonds is 4. The molecule has 1 aromatic heterocycles. The minimum atomic E-state index is -0.125. The van der Waals surface area contributed by atoms with Gasteiger partial charge in [0.15, 0.2) is 0 Å². The van der Waals surface area contributed by atoms with Crippen molar-refractivity contribution in [1.29, 1.82) is 0 Å². The minimum absolute atomic E-state index is 0.0314.